The van der Waals surface area contributed by atoms with E-state index < -0.39 is 11.2 Å². The van der Waals surface area contributed by atoms with E-state index in [9.17, 15) is 14.4 Å². The first-order valence-electron chi connectivity index (χ1n) is 12.4. The average Bonchev–Trinajstić information content (AvgIpc) is 2.92. The highest BCUT2D eigenvalue weighted by atomic mass is 16.5. The van der Waals surface area contributed by atoms with Crippen molar-refractivity contribution in [3.05, 3.63) is 104 Å². The number of aryl methyl sites for hydroxylation is 1. The number of aromatic nitrogens is 2. The highest BCUT2D eigenvalue weighted by Crippen LogP contribution is 2.24. The van der Waals surface area contributed by atoms with Crippen molar-refractivity contribution in [2.24, 2.45) is 0 Å². The van der Waals surface area contributed by atoms with Crippen molar-refractivity contribution >= 4 is 22.5 Å². The molecule has 1 aliphatic rings. The van der Waals surface area contributed by atoms with Crippen LogP contribution in [0.25, 0.3) is 10.9 Å². The number of amides is 1. The summed E-state index contributed by atoms with van der Waals surface area (Å²) in [7, 11) is 1.58. The van der Waals surface area contributed by atoms with E-state index in [1.165, 1.54) is 16.8 Å². The Balaban J connectivity index is 1.34. The molecule has 0 bridgehead atoms. The number of fused-ring (bicyclic) bond motifs is 1. The Morgan fingerprint density at radius 1 is 0.946 bits per heavy atom. The third kappa shape index (κ3) is 4.74. The van der Waals surface area contributed by atoms with E-state index in [-0.39, 0.29) is 12.5 Å². The molecule has 0 unspecified atom stereocenters. The van der Waals surface area contributed by atoms with Crippen molar-refractivity contribution in [1.82, 2.24) is 14.5 Å². The molecule has 1 aromatic heterocycles. The van der Waals surface area contributed by atoms with Crippen molar-refractivity contribution in [3.8, 4) is 5.75 Å². The fourth-order valence-corrected chi connectivity index (χ4v) is 4.86. The molecular formula is C29H30N4O4. The zero-order valence-corrected chi connectivity index (χ0v) is 21.3. The van der Waals surface area contributed by atoms with Gasteiger partial charge in [0.2, 0.25) is 0 Å². The van der Waals surface area contributed by atoms with Crippen LogP contribution in [0.15, 0.2) is 70.3 Å². The lowest BCUT2D eigenvalue weighted by atomic mass is 10.1. The van der Waals surface area contributed by atoms with E-state index in [1.54, 1.807) is 37.4 Å². The normalized spacial score (nSPS) is 13.7. The van der Waals surface area contributed by atoms with Gasteiger partial charge < -0.3 is 19.5 Å². The standard InChI is InChI=1S/C29H30N4O4/c1-19-5-4-6-26(20(19)2)31-13-15-32(16-14-31)27(34)22-9-12-24-25(17-22)30-29(36)33(28(24)35)18-21-7-10-23(37-3)11-8-21/h4-12,17H,13-16,18H2,1-3H3,(H,30,36). The molecule has 5 rings (SSSR count). The molecule has 0 spiro atoms. The number of aromatic amines is 1. The van der Waals surface area contributed by atoms with Gasteiger partial charge in [-0.25, -0.2) is 4.79 Å². The first kappa shape index (κ1) is 24.4. The number of nitrogens with zero attached hydrogens (tertiary/aromatic N) is 3. The van der Waals surface area contributed by atoms with E-state index >= 15 is 0 Å². The van der Waals surface area contributed by atoms with Crippen LogP contribution in [0, 0.1) is 13.8 Å². The Bertz CT molecular complexity index is 1580. The number of rotatable bonds is 5. The minimum Gasteiger partial charge on any atom is -0.497 e. The Morgan fingerprint density at radius 3 is 2.38 bits per heavy atom. The molecule has 0 radical (unpaired) electrons. The minimum atomic E-state index is -0.514. The number of carbonyl (C=O) groups excluding carboxylic acids is 1. The average molecular weight is 499 g/mol. The fraction of sp³-hybridized carbons (Fsp3) is 0.276. The molecule has 0 aliphatic carbocycles. The van der Waals surface area contributed by atoms with Gasteiger partial charge in [-0.05, 0) is 66.9 Å². The predicted molar refractivity (Wildman–Crippen MR) is 145 cm³/mol. The maximum absolute atomic E-state index is 13.3. The van der Waals surface area contributed by atoms with Crippen LogP contribution >= 0.6 is 0 Å². The maximum Gasteiger partial charge on any atom is 0.329 e. The lowest BCUT2D eigenvalue weighted by Gasteiger charge is -2.37. The van der Waals surface area contributed by atoms with E-state index in [1.807, 2.05) is 17.0 Å². The number of benzene rings is 3. The Morgan fingerprint density at radius 2 is 1.68 bits per heavy atom. The summed E-state index contributed by atoms with van der Waals surface area (Å²) in [5.41, 5.74) is 4.44. The lowest BCUT2D eigenvalue weighted by molar-refractivity contribution is 0.0747. The highest BCUT2D eigenvalue weighted by Gasteiger charge is 2.24. The third-order valence-corrected chi connectivity index (χ3v) is 7.21. The van der Waals surface area contributed by atoms with Crippen LogP contribution < -0.4 is 20.9 Å². The van der Waals surface area contributed by atoms with Gasteiger partial charge in [0.25, 0.3) is 11.5 Å². The van der Waals surface area contributed by atoms with E-state index in [4.69, 9.17) is 4.74 Å². The SMILES string of the molecule is COc1ccc(Cn2c(=O)[nH]c3cc(C(=O)N4CCN(c5cccc(C)c5C)CC4)ccc3c2=O)cc1. The van der Waals surface area contributed by atoms with Gasteiger partial charge in [-0.15, -0.1) is 0 Å². The maximum atomic E-state index is 13.3. The van der Waals surface area contributed by atoms with Gasteiger partial charge in [-0.2, -0.15) is 0 Å². The second-order valence-corrected chi connectivity index (χ2v) is 9.43. The molecule has 190 valence electrons. The number of ether oxygens (including phenoxy) is 1. The van der Waals surface area contributed by atoms with Gasteiger partial charge >= 0.3 is 5.69 Å². The number of piperazine rings is 1. The van der Waals surface area contributed by atoms with Gasteiger partial charge in [-0.1, -0.05) is 24.3 Å². The van der Waals surface area contributed by atoms with E-state index in [0.717, 1.165) is 23.2 Å². The molecule has 0 saturated carbocycles. The number of nitrogens with one attached hydrogen (secondary N) is 1. The largest absolute Gasteiger partial charge is 0.497 e. The molecule has 8 heteroatoms. The molecule has 1 aliphatic heterocycles. The molecule has 0 atom stereocenters. The molecule has 1 fully saturated rings. The van der Waals surface area contributed by atoms with Crippen LogP contribution in [0.4, 0.5) is 5.69 Å². The molecule has 2 heterocycles. The summed E-state index contributed by atoms with van der Waals surface area (Å²) in [4.78, 5) is 46.1. The number of H-pyrrole nitrogens is 1. The van der Waals surface area contributed by atoms with Crippen molar-refractivity contribution in [3.63, 3.8) is 0 Å². The summed E-state index contributed by atoms with van der Waals surface area (Å²) < 4.78 is 6.33. The molecule has 1 saturated heterocycles. The topological polar surface area (TPSA) is 87.6 Å². The van der Waals surface area contributed by atoms with Crippen LogP contribution in [0.1, 0.15) is 27.0 Å². The summed E-state index contributed by atoms with van der Waals surface area (Å²) in [6.45, 7) is 7.07. The van der Waals surface area contributed by atoms with Gasteiger partial charge in [0.05, 0.1) is 24.6 Å². The summed E-state index contributed by atoms with van der Waals surface area (Å²) in [5, 5.41) is 0.365. The fourth-order valence-electron chi connectivity index (χ4n) is 4.86. The molecule has 1 amide bonds. The van der Waals surface area contributed by atoms with Crippen LogP contribution in [0.5, 0.6) is 5.75 Å². The first-order valence-corrected chi connectivity index (χ1v) is 12.4. The Hall–Kier alpha value is -4.33. The third-order valence-electron chi connectivity index (χ3n) is 7.21. The molecule has 4 aromatic rings. The Labute approximate surface area is 214 Å². The van der Waals surface area contributed by atoms with Crippen molar-refractivity contribution in [1.29, 1.82) is 0 Å². The van der Waals surface area contributed by atoms with Gasteiger partial charge in [-0.3, -0.25) is 14.2 Å². The first-order chi connectivity index (χ1) is 17.9. The highest BCUT2D eigenvalue weighted by molar-refractivity contribution is 5.97. The van der Waals surface area contributed by atoms with Gasteiger partial charge in [0.15, 0.2) is 0 Å². The summed E-state index contributed by atoms with van der Waals surface area (Å²) in [6, 6.07) is 18.4. The van der Waals surface area contributed by atoms with Crippen LogP contribution in [-0.2, 0) is 6.54 Å². The number of hydrogen-bond donors (Lipinski definition) is 1. The van der Waals surface area contributed by atoms with Crippen molar-refractivity contribution in [2.45, 2.75) is 20.4 Å². The number of hydrogen-bond acceptors (Lipinski definition) is 5. The van der Waals surface area contributed by atoms with Crippen molar-refractivity contribution in [2.75, 3.05) is 38.2 Å². The summed E-state index contributed by atoms with van der Waals surface area (Å²) in [6.07, 6.45) is 0. The number of anilines is 1. The van der Waals surface area contributed by atoms with Gasteiger partial charge in [0.1, 0.15) is 5.75 Å². The predicted octanol–water partition coefficient (Wildman–Crippen LogP) is 3.33. The zero-order chi connectivity index (χ0) is 26.1. The van der Waals surface area contributed by atoms with E-state index in [2.05, 4.69) is 41.9 Å². The monoisotopic (exact) mass is 498 g/mol. The van der Waals surface area contributed by atoms with Crippen LogP contribution in [-0.4, -0.2) is 53.6 Å². The van der Waals surface area contributed by atoms with Crippen LogP contribution in [0.3, 0.4) is 0 Å². The van der Waals surface area contributed by atoms with Gasteiger partial charge in [0, 0.05) is 37.4 Å². The summed E-state index contributed by atoms with van der Waals surface area (Å²) in [5.74, 6) is 0.596. The second kappa shape index (κ2) is 9.97. The smallest absolute Gasteiger partial charge is 0.329 e. The second-order valence-electron chi connectivity index (χ2n) is 9.43. The van der Waals surface area contributed by atoms with Crippen LogP contribution in [0.2, 0.25) is 0 Å². The quantitative estimate of drug-likeness (QED) is 0.456. The van der Waals surface area contributed by atoms with E-state index in [0.29, 0.717) is 35.3 Å². The zero-order valence-electron chi connectivity index (χ0n) is 21.3. The lowest BCUT2D eigenvalue weighted by Crippen LogP contribution is -2.49. The number of methoxy groups -OCH3 is 1. The minimum absolute atomic E-state index is 0.106. The van der Waals surface area contributed by atoms with Crippen molar-refractivity contribution < 1.29 is 9.53 Å². The molecule has 8 nitrogen and oxygen atoms in total. The molecule has 1 N–H and O–H groups in total. The Kier molecular flexibility index (Phi) is 6.56. The molecular weight excluding hydrogens is 468 g/mol. The number of carbonyl (C=O) groups is 1. The molecule has 37 heavy (non-hydrogen) atoms. The molecule has 3 aromatic carbocycles. The summed E-state index contributed by atoms with van der Waals surface area (Å²) >= 11 is 0.